The Balaban J connectivity index is 2.38. The number of hydrogen-bond acceptors (Lipinski definition) is 3. The van der Waals surface area contributed by atoms with Crippen molar-refractivity contribution in [2.24, 2.45) is 0 Å². The van der Waals surface area contributed by atoms with Gasteiger partial charge in [0.05, 0.1) is 15.7 Å². The molecule has 0 bridgehead atoms. The molecule has 8 heteroatoms. The summed E-state index contributed by atoms with van der Waals surface area (Å²) in [7, 11) is -3.82. The van der Waals surface area contributed by atoms with Gasteiger partial charge in [0.2, 0.25) is 0 Å². The van der Waals surface area contributed by atoms with Gasteiger partial charge in [0.25, 0.3) is 10.0 Å². The minimum atomic E-state index is -3.82. The molecular formula is C11H7Cl3N2O2S. The molecule has 100 valence electrons. The molecule has 19 heavy (non-hydrogen) atoms. The fraction of sp³-hybridized carbons (Fsp3) is 0. The Bertz CT molecular complexity index is 720. The number of nitrogens with zero attached hydrogens (tertiary/aromatic N) is 1. The molecule has 1 N–H and O–H groups in total. The second-order valence-electron chi connectivity index (χ2n) is 3.53. The fourth-order valence-corrected chi connectivity index (χ4v) is 2.92. The van der Waals surface area contributed by atoms with Gasteiger partial charge < -0.3 is 0 Å². The summed E-state index contributed by atoms with van der Waals surface area (Å²) in [6.45, 7) is 0. The van der Waals surface area contributed by atoms with Crippen molar-refractivity contribution in [1.29, 1.82) is 0 Å². The molecule has 0 aliphatic rings. The van der Waals surface area contributed by atoms with Crippen LogP contribution in [0.4, 0.5) is 5.69 Å². The normalized spacial score (nSPS) is 11.3. The van der Waals surface area contributed by atoms with Crippen molar-refractivity contribution in [3.05, 3.63) is 51.7 Å². The number of pyridine rings is 1. The van der Waals surface area contributed by atoms with Crippen LogP contribution in [0.15, 0.2) is 41.4 Å². The maximum atomic E-state index is 12.1. The summed E-state index contributed by atoms with van der Waals surface area (Å²) in [4.78, 5) is 3.59. The highest BCUT2D eigenvalue weighted by Gasteiger charge is 2.17. The molecule has 0 fully saturated rings. The molecule has 0 amide bonds. The average molecular weight is 338 g/mol. The van der Waals surface area contributed by atoms with Crippen molar-refractivity contribution in [2.75, 3.05) is 4.72 Å². The van der Waals surface area contributed by atoms with Crippen LogP contribution in [-0.4, -0.2) is 13.4 Å². The van der Waals surface area contributed by atoms with Crippen LogP contribution in [-0.2, 0) is 10.0 Å². The fourth-order valence-electron chi connectivity index (χ4n) is 1.30. The van der Waals surface area contributed by atoms with Gasteiger partial charge >= 0.3 is 0 Å². The lowest BCUT2D eigenvalue weighted by atomic mass is 10.3. The SMILES string of the molecule is O=S(=O)(Nc1ccccc1Cl)c1cnc(Cl)c(Cl)c1. The van der Waals surface area contributed by atoms with Crippen molar-refractivity contribution in [1.82, 2.24) is 4.98 Å². The van der Waals surface area contributed by atoms with Crippen LogP contribution in [0.2, 0.25) is 15.2 Å². The van der Waals surface area contributed by atoms with Gasteiger partial charge in [-0.25, -0.2) is 13.4 Å². The van der Waals surface area contributed by atoms with Crippen molar-refractivity contribution in [3.8, 4) is 0 Å². The highest BCUT2D eigenvalue weighted by atomic mass is 35.5. The molecule has 4 nitrogen and oxygen atoms in total. The molecule has 0 radical (unpaired) electrons. The lowest BCUT2D eigenvalue weighted by Crippen LogP contribution is -2.13. The van der Waals surface area contributed by atoms with Crippen LogP contribution in [0.3, 0.4) is 0 Å². The summed E-state index contributed by atoms with van der Waals surface area (Å²) in [6, 6.07) is 7.70. The van der Waals surface area contributed by atoms with Crippen LogP contribution >= 0.6 is 34.8 Å². The standard InChI is InChI=1S/C11H7Cl3N2O2S/c12-8-3-1-2-4-10(8)16-19(17,18)7-5-9(13)11(14)15-6-7/h1-6,16H. The second-order valence-corrected chi connectivity index (χ2v) is 6.38. The maximum absolute atomic E-state index is 12.1. The van der Waals surface area contributed by atoms with Crippen molar-refractivity contribution in [3.63, 3.8) is 0 Å². The lowest BCUT2D eigenvalue weighted by molar-refractivity contribution is 0.601. The van der Waals surface area contributed by atoms with Gasteiger partial charge in [-0.2, -0.15) is 0 Å². The van der Waals surface area contributed by atoms with Gasteiger partial charge in [-0.15, -0.1) is 0 Å². The molecule has 2 rings (SSSR count). The van der Waals surface area contributed by atoms with Gasteiger partial charge in [-0.1, -0.05) is 46.9 Å². The summed E-state index contributed by atoms with van der Waals surface area (Å²) in [5.41, 5.74) is 0.273. The molecule has 0 saturated heterocycles. The van der Waals surface area contributed by atoms with Crippen LogP contribution < -0.4 is 4.72 Å². The van der Waals surface area contributed by atoms with Crippen LogP contribution in [0, 0.1) is 0 Å². The van der Waals surface area contributed by atoms with E-state index in [0.717, 1.165) is 6.20 Å². The zero-order valence-corrected chi connectivity index (χ0v) is 12.4. The first-order valence-electron chi connectivity index (χ1n) is 4.98. The third kappa shape index (κ3) is 3.30. The number of nitrogens with one attached hydrogen (secondary N) is 1. The molecule has 1 heterocycles. The third-order valence-electron chi connectivity index (χ3n) is 2.20. The summed E-state index contributed by atoms with van der Waals surface area (Å²) in [5.74, 6) is 0. The van der Waals surface area contributed by atoms with Crippen LogP contribution in [0.1, 0.15) is 0 Å². The number of aromatic nitrogens is 1. The number of anilines is 1. The molecule has 0 saturated carbocycles. The molecule has 0 aliphatic heterocycles. The summed E-state index contributed by atoms with van der Waals surface area (Å²) in [6.07, 6.45) is 1.12. The molecule has 2 aromatic rings. The molecule has 0 atom stereocenters. The number of halogens is 3. The molecule has 0 aliphatic carbocycles. The Labute approximate surface area is 125 Å². The molecule has 1 aromatic carbocycles. The second kappa shape index (κ2) is 5.54. The van der Waals surface area contributed by atoms with Crippen molar-refractivity contribution >= 4 is 50.5 Å². The Kier molecular flexibility index (Phi) is 4.20. The van der Waals surface area contributed by atoms with E-state index in [2.05, 4.69) is 9.71 Å². The first-order valence-corrected chi connectivity index (χ1v) is 7.60. The van der Waals surface area contributed by atoms with E-state index < -0.39 is 10.0 Å². The lowest BCUT2D eigenvalue weighted by Gasteiger charge is -2.09. The third-order valence-corrected chi connectivity index (χ3v) is 4.55. The van der Waals surface area contributed by atoms with E-state index in [4.69, 9.17) is 34.8 Å². The molecular weight excluding hydrogens is 331 g/mol. The highest BCUT2D eigenvalue weighted by molar-refractivity contribution is 7.92. The quantitative estimate of drug-likeness (QED) is 0.866. The zero-order valence-electron chi connectivity index (χ0n) is 9.27. The summed E-state index contributed by atoms with van der Waals surface area (Å²) in [5, 5.41) is 0.390. The summed E-state index contributed by atoms with van der Waals surface area (Å²) < 4.78 is 26.6. The Hall–Kier alpha value is -1.01. The van der Waals surface area contributed by atoms with E-state index in [1.807, 2.05) is 0 Å². The Morgan fingerprint density at radius 1 is 1.05 bits per heavy atom. The highest BCUT2D eigenvalue weighted by Crippen LogP contribution is 2.26. The summed E-state index contributed by atoms with van der Waals surface area (Å²) >= 11 is 17.3. The first-order chi connectivity index (χ1) is 8.90. The van der Waals surface area contributed by atoms with Crippen LogP contribution in [0.5, 0.6) is 0 Å². The van der Waals surface area contributed by atoms with E-state index in [1.165, 1.54) is 6.07 Å². The predicted octanol–water partition coefficient (Wildman–Crippen LogP) is 3.84. The van der Waals surface area contributed by atoms with E-state index in [0.29, 0.717) is 5.02 Å². The Morgan fingerprint density at radius 2 is 1.74 bits per heavy atom. The Morgan fingerprint density at radius 3 is 2.37 bits per heavy atom. The predicted molar refractivity (Wildman–Crippen MR) is 76.5 cm³/mol. The minimum Gasteiger partial charge on any atom is -0.278 e. The molecule has 0 unspecified atom stereocenters. The number of para-hydroxylation sites is 1. The van der Waals surface area contributed by atoms with E-state index in [9.17, 15) is 8.42 Å². The van der Waals surface area contributed by atoms with Gasteiger partial charge in [-0.05, 0) is 18.2 Å². The van der Waals surface area contributed by atoms with Gasteiger partial charge in [0.15, 0.2) is 0 Å². The van der Waals surface area contributed by atoms with Gasteiger partial charge in [0, 0.05) is 6.20 Å². The topological polar surface area (TPSA) is 59.1 Å². The molecule has 0 spiro atoms. The van der Waals surface area contributed by atoms with Crippen molar-refractivity contribution < 1.29 is 8.42 Å². The first kappa shape index (κ1) is 14.4. The van der Waals surface area contributed by atoms with Crippen molar-refractivity contribution in [2.45, 2.75) is 4.90 Å². The zero-order chi connectivity index (χ0) is 14.0. The van der Waals surface area contributed by atoms with E-state index in [-0.39, 0.29) is 20.8 Å². The number of benzene rings is 1. The van der Waals surface area contributed by atoms with Crippen LogP contribution in [0.25, 0.3) is 0 Å². The van der Waals surface area contributed by atoms with E-state index >= 15 is 0 Å². The molecule has 1 aromatic heterocycles. The number of rotatable bonds is 3. The number of sulfonamides is 1. The van der Waals surface area contributed by atoms with Gasteiger partial charge in [-0.3, -0.25) is 4.72 Å². The van der Waals surface area contributed by atoms with Gasteiger partial charge in [0.1, 0.15) is 10.0 Å². The minimum absolute atomic E-state index is 0.0401. The number of hydrogen-bond donors (Lipinski definition) is 1. The monoisotopic (exact) mass is 336 g/mol. The largest absolute Gasteiger partial charge is 0.278 e. The maximum Gasteiger partial charge on any atom is 0.263 e. The smallest absolute Gasteiger partial charge is 0.263 e. The average Bonchev–Trinajstić information content (AvgIpc) is 2.35. The van der Waals surface area contributed by atoms with E-state index in [1.54, 1.807) is 24.3 Å².